The lowest BCUT2D eigenvalue weighted by molar-refractivity contribution is 0.462. The van der Waals surface area contributed by atoms with Crippen molar-refractivity contribution in [1.82, 2.24) is 9.55 Å². The average molecular weight is 334 g/mol. The third-order valence-electron chi connectivity index (χ3n) is 2.33. The van der Waals surface area contributed by atoms with E-state index in [4.69, 9.17) is 11.6 Å². The molecule has 0 aliphatic rings. The molecule has 0 amide bonds. The summed E-state index contributed by atoms with van der Waals surface area (Å²) < 4.78 is 14.4. The van der Waals surface area contributed by atoms with E-state index in [0.29, 0.717) is 0 Å². The van der Waals surface area contributed by atoms with Gasteiger partial charge < -0.3 is 5.11 Å². The second-order valence-electron chi connectivity index (χ2n) is 3.54. The van der Waals surface area contributed by atoms with E-state index < -0.39 is 11.4 Å². The van der Waals surface area contributed by atoms with Crippen molar-refractivity contribution in [2.75, 3.05) is 0 Å². The minimum atomic E-state index is -0.505. The highest BCUT2D eigenvalue weighted by molar-refractivity contribution is 9.10. The first kappa shape index (κ1) is 13.0. The van der Waals surface area contributed by atoms with Gasteiger partial charge in [0.15, 0.2) is 0 Å². The molecular formula is C11H7BrClFN2O2. The molecule has 1 aromatic carbocycles. The standard InChI is InChI=1S/C11H7BrClFN2O2/c12-8-4-15-11(13)16(10(8)18)5-6-3-7(14)1-2-9(6)17/h1-4,17H,5H2. The van der Waals surface area contributed by atoms with E-state index in [1.807, 2.05) is 0 Å². The SMILES string of the molecule is O=c1c(Br)cnc(Cl)n1Cc1cc(F)ccc1O. The summed E-state index contributed by atoms with van der Waals surface area (Å²) in [6.07, 6.45) is 1.28. The molecule has 2 rings (SSSR count). The van der Waals surface area contributed by atoms with Crippen LogP contribution < -0.4 is 5.56 Å². The van der Waals surface area contributed by atoms with Crippen LogP contribution in [0.25, 0.3) is 0 Å². The molecule has 0 saturated heterocycles. The van der Waals surface area contributed by atoms with Crippen LogP contribution in [0, 0.1) is 5.82 Å². The Morgan fingerprint density at radius 1 is 1.50 bits per heavy atom. The minimum absolute atomic E-state index is 0.0353. The van der Waals surface area contributed by atoms with Crippen LogP contribution in [0.3, 0.4) is 0 Å². The van der Waals surface area contributed by atoms with Gasteiger partial charge in [0.05, 0.1) is 12.7 Å². The molecule has 94 valence electrons. The number of halogens is 3. The summed E-state index contributed by atoms with van der Waals surface area (Å²) >= 11 is 8.83. The first-order chi connectivity index (χ1) is 8.49. The van der Waals surface area contributed by atoms with Gasteiger partial charge in [-0.05, 0) is 45.7 Å². The number of benzene rings is 1. The number of aromatic hydroxyl groups is 1. The van der Waals surface area contributed by atoms with Gasteiger partial charge in [-0.2, -0.15) is 0 Å². The zero-order valence-electron chi connectivity index (χ0n) is 8.90. The van der Waals surface area contributed by atoms with Crippen LogP contribution in [0.2, 0.25) is 5.28 Å². The zero-order chi connectivity index (χ0) is 13.3. The van der Waals surface area contributed by atoms with Gasteiger partial charge in [0.1, 0.15) is 16.0 Å². The second-order valence-corrected chi connectivity index (χ2v) is 4.73. The molecule has 0 radical (unpaired) electrons. The molecule has 4 nitrogen and oxygen atoms in total. The number of phenols is 1. The molecule has 0 atom stereocenters. The minimum Gasteiger partial charge on any atom is -0.508 e. The first-order valence-corrected chi connectivity index (χ1v) is 6.04. The highest BCUT2D eigenvalue weighted by Gasteiger charge is 2.10. The van der Waals surface area contributed by atoms with Gasteiger partial charge in [0.25, 0.3) is 5.56 Å². The van der Waals surface area contributed by atoms with Gasteiger partial charge in [-0.25, -0.2) is 9.37 Å². The number of hydrogen-bond acceptors (Lipinski definition) is 3. The van der Waals surface area contributed by atoms with Gasteiger partial charge in [-0.3, -0.25) is 9.36 Å². The number of nitrogens with zero attached hydrogens (tertiary/aromatic N) is 2. The predicted octanol–water partition coefficient (Wildman–Crippen LogP) is 2.55. The fourth-order valence-corrected chi connectivity index (χ4v) is 1.94. The molecule has 0 spiro atoms. The summed E-state index contributed by atoms with van der Waals surface area (Å²) in [5, 5.41) is 9.55. The maximum absolute atomic E-state index is 13.1. The number of phenolic OH excluding ortho intramolecular Hbond substituents is 1. The molecule has 1 aromatic heterocycles. The van der Waals surface area contributed by atoms with Gasteiger partial charge in [-0.15, -0.1) is 0 Å². The molecule has 0 fully saturated rings. The van der Waals surface area contributed by atoms with Crippen molar-refractivity contribution in [3.8, 4) is 5.75 Å². The van der Waals surface area contributed by atoms with Crippen LogP contribution in [0.4, 0.5) is 4.39 Å². The Hall–Kier alpha value is -1.40. The van der Waals surface area contributed by atoms with Crippen LogP contribution in [-0.4, -0.2) is 14.7 Å². The van der Waals surface area contributed by atoms with Gasteiger partial charge in [0, 0.05) is 5.56 Å². The molecule has 1 heterocycles. The highest BCUT2D eigenvalue weighted by Crippen LogP contribution is 2.20. The zero-order valence-corrected chi connectivity index (χ0v) is 11.2. The van der Waals surface area contributed by atoms with Crippen molar-refractivity contribution < 1.29 is 9.50 Å². The summed E-state index contributed by atoms with van der Waals surface area (Å²) in [5.41, 5.74) is -0.155. The Bertz CT molecular complexity index is 660. The summed E-state index contributed by atoms with van der Waals surface area (Å²) in [6, 6.07) is 3.48. The Kier molecular flexibility index (Phi) is 3.68. The summed E-state index contributed by atoms with van der Waals surface area (Å²) in [5.74, 6) is -0.616. The molecule has 0 aliphatic carbocycles. The van der Waals surface area contributed by atoms with E-state index in [9.17, 15) is 14.3 Å². The molecule has 0 aliphatic heterocycles. The summed E-state index contributed by atoms with van der Waals surface area (Å²) in [6.45, 7) is -0.0618. The quantitative estimate of drug-likeness (QED) is 0.859. The number of hydrogen-bond donors (Lipinski definition) is 1. The van der Waals surface area contributed by atoms with Crippen molar-refractivity contribution >= 4 is 27.5 Å². The lowest BCUT2D eigenvalue weighted by Gasteiger charge is -2.09. The maximum Gasteiger partial charge on any atom is 0.269 e. The van der Waals surface area contributed by atoms with Crippen molar-refractivity contribution in [3.05, 3.63) is 55.9 Å². The van der Waals surface area contributed by atoms with E-state index in [0.717, 1.165) is 16.7 Å². The Balaban J connectivity index is 2.49. The van der Waals surface area contributed by atoms with Crippen molar-refractivity contribution in [2.45, 2.75) is 6.54 Å². The fourth-order valence-electron chi connectivity index (χ4n) is 1.44. The molecule has 7 heteroatoms. The van der Waals surface area contributed by atoms with Crippen molar-refractivity contribution in [1.29, 1.82) is 0 Å². The third kappa shape index (κ3) is 2.54. The highest BCUT2D eigenvalue weighted by atomic mass is 79.9. The van der Waals surface area contributed by atoms with Gasteiger partial charge in [0.2, 0.25) is 5.28 Å². The van der Waals surface area contributed by atoms with Crippen LogP contribution in [0.15, 0.2) is 33.7 Å². The van der Waals surface area contributed by atoms with Gasteiger partial charge >= 0.3 is 0 Å². The van der Waals surface area contributed by atoms with E-state index in [1.165, 1.54) is 12.3 Å². The molecule has 0 unspecified atom stereocenters. The van der Waals surface area contributed by atoms with E-state index in [-0.39, 0.29) is 27.6 Å². The predicted molar refractivity (Wildman–Crippen MR) is 68.4 cm³/mol. The smallest absolute Gasteiger partial charge is 0.269 e. The van der Waals surface area contributed by atoms with Gasteiger partial charge in [-0.1, -0.05) is 0 Å². The molecule has 0 bridgehead atoms. The van der Waals surface area contributed by atoms with E-state index in [2.05, 4.69) is 20.9 Å². The van der Waals surface area contributed by atoms with Crippen LogP contribution >= 0.6 is 27.5 Å². The lowest BCUT2D eigenvalue weighted by Crippen LogP contribution is -2.23. The maximum atomic E-state index is 13.1. The monoisotopic (exact) mass is 332 g/mol. The van der Waals surface area contributed by atoms with Crippen LogP contribution in [-0.2, 0) is 6.54 Å². The number of aromatic nitrogens is 2. The van der Waals surface area contributed by atoms with Crippen LogP contribution in [0.5, 0.6) is 5.75 Å². The van der Waals surface area contributed by atoms with Crippen molar-refractivity contribution in [3.63, 3.8) is 0 Å². The second kappa shape index (κ2) is 5.07. The lowest BCUT2D eigenvalue weighted by atomic mass is 10.2. The van der Waals surface area contributed by atoms with Crippen LogP contribution in [0.1, 0.15) is 5.56 Å². The summed E-state index contributed by atoms with van der Waals surface area (Å²) in [4.78, 5) is 15.6. The summed E-state index contributed by atoms with van der Waals surface area (Å²) in [7, 11) is 0. The van der Waals surface area contributed by atoms with E-state index in [1.54, 1.807) is 0 Å². The van der Waals surface area contributed by atoms with E-state index >= 15 is 0 Å². The molecule has 1 N–H and O–H groups in total. The normalized spacial score (nSPS) is 10.6. The topological polar surface area (TPSA) is 55.1 Å². The fraction of sp³-hybridized carbons (Fsp3) is 0.0909. The first-order valence-electron chi connectivity index (χ1n) is 4.87. The molecule has 18 heavy (non-hydrogen) atoms. The van der Waals surface area contributed by atoms with Crippen molar-refractivity contribution in [2.24, 2.45) is 0 Å². The Morgan fingerprint density at radius 3 is 2.94 bits per heavy atom. The molecule has 2 aromatic rings. The Labute approximate surface area is 115 Å². The molecule has 0 saturated carbocycles. The largest absolute Gasteiger partial charge is 0.508 e. The number of rotatable bonds is 2. The average Bonchev–Trinajstić information content (AvgIpc) is 2.34. The Morgan fingerprint density at radius 2 is 2.22 bits per heavy atom. The third-order valence-corrected chi connectivity index (χ3v) is 3.17. The molecular weight excluding hydrogens is 326 g/mol.